The Morgan fingerprint density at radius 3 is 2.26 bits per heavy atom. The van der Waals surface area contributed by atoms with Gasteiger partial charge in [-0.1, -0.05) is 48.5 Å². The van der Waals surface area contributed by atoms with E-state index in [4.69, 9.17) is 14.2 Å². The Morgan fingerprint density at radius 2 is 1.58 bits per heavy atom. The maximum Gasteiger partial charge on any atom is 0.226 e. The maximum absolute atomic E-state index is 13.2. The third-order valence-electron chi connectivity index (χ3n) is 5.64. The highest BCUT2D eigenvalue weighted by molar-refractivity contribution is 5.78. The van der Waals surface area contributed by atoms with Gasteiger partial charge in [0, 0.05) is 6.54 Å². The van der Waals surface area contributed by atoms with Gasteiger partial charge in [0.1, 0.15) is 5.75 Å². The van der Waals surface area contributed by atoms with Crippen LogP contribution in [0.2, 0.25) is 0 Å². The highest BCUT2D eigenvalue weighted by Gasteiger charge is 2.33. The van der Waals surface area contributed by atoms with E-state index in [2.05, 4.69) is 12.1 Å². The predicted molar refractivity (Wildman–Crippen MR) is 120 cm³/mol. The number of methoxy groups -OCH3 is 2. The summed E-state index contributed by atoms with van der Waals surface area (Å²) in [6.45, 7) is 0.992. The van der Waals surface area contributed by atoms with Crippen molar-refractivity contribution < 1.29 is 19.0 Å². The molecular weight excluding hydrogens is 390 g/mol. The summed E-state index contributed by atoms with van der Waals surface area (Å²) in [5.74, 6) is 2.23. The van der Waals surface area contributed by atoms with Crippen LogP contribution in [0, 0.1) is 0 Å². The van der Waals surface area contributed by atoms with Crippen LogP contribution in [0.1, 0.15) is 29.2 Å². The minimum Gasteiger partial charge on any atom is -0.493 e. The summed E-state index contributed by atoms with van der Waals surface area (Å²) >= 11 is 0. The minimum atomic E-state index is -0.172. The summed E-state index contributed by atoms with van der Waals surface area (Å²) in [5.41, 5.74) is 3.33. The van der Waals surface area contributed by atoms with Gasteiger partial charge in [0.05, 0.1) is 33.3 Å². The molecule has 5 heteroatoms. The number of nitrogens with zero attached hydrogens (tertiary/aromatic N) is 1. The van der Waals surface area contributed by atoms with Crippen molar-refractivity contribution in [1.29, 1.82) is 0 Å². The third-order valence-corrected chi connectivity index (χ3v) is 5.64. The minimum absolute atomic E-state index is 0.0743. The van der Waals surface area contributed by atoms with Crippen LogP contribution in [0.15, 0.2) is 72.8 Å². The van der Waals surface area contributed by atoms with Crippen LogP contribution in [0.25, 0.3) is 0 Å². The van der Waals surface area contributed by atoms with Crippen LogP contribution >= 0.6 is 0 Å². The van der Waals surface area contributed by atoms with Gasteiger partial charge in [-0.2, -0.15) is 0 Å². The summed E-state index contributed by atoms with van der Waals surface area (Å²) in [6, 6.07) is 23.6. The summed E-state index contributed by atoms with van der Waals surface area (Å²) in [6.07, 6.45) is 1.09. The molecule has 0 N–H and O–H groups in total. The van der Waals surface area contributed by atoms with Gasteiger partial charge in [0.25, 0.3) is 0 Å². The molecule has 160 valence electrons. The van der Waals surface area contributed by atoms with Crippen LogP contribution < -0.4 is 14.2 Å². The zero-order valence-electron chi connectivity index (χ0n) is 17.9. The number of fused-ring (bicyclic) bond motifs is 1. The molecule has 0 radical (unpaired) electrons. The Bertz CT molecular complexity index is 1020. The number of carbonyl (C=O) groups is 1. The normalized spacial score (nSPS) is 15.2. The first-order chi connectivity index (χ1) is 15.2. The molecule has 4 rings (SSSR count). The van der Waals surface area contributed by atoms with Crippen molar-refractivity contribution in [1.82, 2.24) is 4.90 Å². The lowest BCUT2D eigenvalue weighted by Gasteiger charge is -2.38. The van der Waals surface area contributed by atoms with Crippen LogP contribution in [-0.4, -0.2) is 38.2 Å². The van der Waals surface area contributed by atoms with Crippen molar-refractivity contribution in [3.05, 3.63) is 89.5 Å². The average molecular weight is 418 g/mol. The van der Waals surface area contributed by atoms with E-state index < -0.39 is 0 Å². The first-order valence-electron chi connectivity index (χ1n) is 10.5. The molecule has 0 saturated heterocycles. The molecule has 0 aliphatic carbocycles. The zero-order chi connectivity index (χ0) is 21.6. The highest BCUT2D eigenvalue weighted by atomic mass is 16.5. The fourth-order valence-electron chi connectivity index (χ4n) is 4.13. The molecule has 1 amide bonds. The molecule has 3 aromatic carbocycles. The molecule has 31 heavy (non-hydrogen) atoms. The fraction of sp³-hybridized carbons (Fsp3) is 0.269. The number of ether oxygens (including phenoxy) is 3. The number of amides is 1. The van der Waals surface area contributed by atoms with Crippen LogP contribution in [0.3, 0.4) is 0 Å². The molecule has 0 saturated carbocycles. The third kappa shape index (κ3) is 4.50. The largest absolute Gasteiger partial charge is 0.493 e. The molecule has 0 bridgehead atoms. The summed E-state index contributed by atoms with van der Waals surface area (Å²) in [7, 11) is 3.28. The van der Waals surface area contributed by atoms with Crippen LogP contribution in [0.4, 0.5) is 0 Å². The lowest BCUT2D eigenvalue weighted by Crippen LogP contribution is -2.41. The van der Waals surface area contributed by atoms with Crippen molar-refractivity contribution in [2.24, 2.45) is 0 Å². The van der Waals surface area contributed by atoms with Crippen LogP contribution in [0.5, 0.6) is 17.2 Å². The Kier molecular flexibility index (Phi) is 6.41. The molecule has 5 nitrogen and oxygen atoms in total. The summed E-state index contributed by atoms with van der Waals surface area (Å²) < 4.78 is 16.8. The molecule has 1 aliphatic heterocycles. The van der Waals surface area contributed by atoms with E-state index in [0.717, 1.165) is 23.3 Å². The van der Waals surface area contributed by atoms with Gasteiger partial charge in [-0.05, 0) is 47.4 Å². The van der Waals surface area contributed by atoms with Crippen molar-refractivity contribution in [2.75, 3.05) is 27.4 Å². The van der Waals surface area contributed by atoms with Gasteiger partial charge >= 0.3 is 0 Å². The summed E-state index contributed by atoms with van der Waals surface area (Å²) in [5, 5.41) is 0. The smallest absolute Gasteiger partial charge is 0.226 e. The molecule has 3 aromatic rings. The molecular formula is C26H27NO4. The Morgan fingerprint density at radius 1 is 0.935 bits per heavy atom. The van der Waals surface area contributed by atoms with Gasteiger partial charge in [-0.25, -0.2) is 0 Å². The van der Waals surface area contributed by atoms with E-state index in [1.165, 1.54) is 5.56 Å². The van der Waals surface area contributed by atoms with Gasteiger partial charge < -0.3 is 19.1 Å². The van der Waals surface area contributed by atoms with Crippen molar-refractivity contribution in [3.63, 3.8) is 0 Å². The second kappa shape index (κ2) is 9.56. The fourth-order valence-corrected chi connectivity index (χ4v) is 4.13. The number of hydrogen-bond donors (Lipinski definition) is 0. The number of benzene rings is 3. The highest BCUT2D eigenvalue weighted by Crippen LogP contribution is 2.41. The molecule has 1 aliphatic rings. The van der Waals surface area contributed by atoms with E-state index in [-0.39, 0.29) is 11.9 Å². The lowest BCUT2D eigenvalue weighted by atomic mass is 9.87. The Balaban J connectivity index is 1.61. The standard InChI is InChI=1S/C26H27NO4/c1-29-23-17-20-13-15-27(25(28)14-16-31-21-11-7-4-8-12-21)26(19-9-5-3-6-10-19)22(20)18-24(23)30-2/h3-12,17-18,26H,13-16H2,1-2H3. The number of para-hydroxylation sites is 1. The molecule has 1 unspecified atom stereocenters. The second-order valence-electron chi connectivity index (χ2n) is 7.47. The van der Waals surface area contributed by atoms with Gasteiger partial charge in [0.2, 0.25) is 5.91 Å². The zero-order valence-corrected chi connectivity index (χ0v) is 17.9. The van der Waals surface area contributed by atoms with E-state index in [1.54, 1.807) is 14.2 Å². The van der Waals surface area contributed by atoms with Gasteiger partial charge in [0.15, 0.2) is 11.5 Å². The van der Waals surface area contributed by atoms with Crippen molar-refractivity contribution in [2.45, 2.75) is 18.9 Å². The Labute approximate surface area is 183 Å². The number of carbonyl (C=O) groups excluding carboxylic acids is 1. The molecule has 0 spiro atoms. The molecule has 1 heterocycles. The van der Waals surface area contributed by atoms with Gasteiger partial charge in [-0.15, -0.1) is 0 Å². The molecule has 0 aromatic heterocycles. The summed E-state index contributed by atoms with van der Waals surface area (Å²) in [4.78, 5) is 15.2. The number of hydrogen-bond acceptors (Lipinski definition) is 4. The quantitative estimate of drug-likeness (QED) is 0.562. The average Bonchev–Trinajstić information content (AvgIpc) is 2.83. The molecule has 1 atom stereocenters. The first-order valence-corrected chi connectivity index (χ1v) is 10.5. The molecule has 0 fully saturated rings. The van der Waals surface area contributed by atoms with E-state index in [9.17, 15) is 4.79 Å². The van der Waals surface area contributed by atoms with Crippen molar-refractivity contribution in [3.8, 4) is 17.2 Å². The monoisotopic (exact) mass is 417 g/mol. The van der Waals surface area contributed by atoms with E-state index in [1.807, 2.05) is 65.6 Å². The number of rotatable bonds is 7. The van der Waals surface area contributed by atoms with Crippen molar-refractivity contribution >= 4 is 5.91 Å². The first kappa shape index (κ1) is 20.8. The topological polar surface area (TPSA) is 48.0 Å². The van der Waals surface area contributed by atoms with E-state index >= 15 is 0 Å². The maximum atomic E-state index is 13.2. The van der Waals surface area contributed by atoms with E-state index in [0.29, 0.717) is 31.1 Å². The Hall–Kier alpha value is -3.47. The van der Waals surface area contributed by atoms with Gasteiger partial charge in [-0.3, -0.25) is 4.79 Å². The second-order valence-corrected chi connectivity index (χ2v) is 7.47. The predicted octanol–water partition coefficient (Wildman–Crippen LogP) is 4.65. The van der Waals surface area contributed by atoms with Crippen LogP contribution in [-0.2, 0) is 11.2 Å². The SMILES string of the molecule is COc1cc2c(cc1OC)C(c1ccccc1)N(C(=O)CCOc1ccccc1)CC2. The lowest BCUT2D eigenvalue weighted by molar-refractivity contribution is -0.133.